The molecule has 1 aliphatic heterocycles. The fraction of sp³-hybridized carbons (Fsp3) is 0.441. The smallest absolute Gasteiger partial charge is 0.340 e. The van der Waals surface area contributed by atoms with Crippen molar-refractivity contribution in [3.05, 3.63) is 93.0 Å². The summed E-state index contributed by atoms with van der Waals surface area (Å²) in [5, 5.41) is 20.4. The van der Waals surface area contributed by atoms with E-state index in [1.807, 2.05) is 56.3 Å². The molecule has 0 spiro atoms. The molecule has 4 rings (SSSR count). The van der Waals surface area contributed by atoms with E-state index >= 15 is 0 Å². The lowest BCUT2D eigenvalue weighted by Gasteiger charge is -2.36. The van der Waals surface area contributed by atoms with Crippen LogP contribution in [0.2, 0.25) is 0 Å². The molecule has 0 saturated heterocycles. The second kappa shape index (κ2) is 14.1. The number of rotatable bonds is 14. The third-order valence-corrected chi connectivity index (χ3v) is 8.04. The summed E-state index contributed by atoms with van der Waals surface area (Å²) in [6, 6.07) is 15.6. The van der Waals surface area contributed by atoms with Crippen LogP contribution in [-0.2, 0) is 10.3 Å². The molecular formula is C34H46N4O6. The van der Waals surface area contributed by atoms with E-state index in [2.05, 4.69) is 38.5 Å². The van der Waals surface area contributed by atoms with E-state index < -0.39 is 23.8 Å². The van der Waals surface area contributed by atoms with Gasteiger partial charge in [-0.2, -0.15) is 0 Å². The Labute approximate surface area is 259 Å². The van der Waals surface area contributed by atoms with Crippen molar-refractivity contribution in [2.24, 2.45) is 11.7 Å². The van der Waals surface area contributed by atoms with Crippen LogP contribution in [0, 0.1) is 13.8 Å². The van der Waals surface area contributed by atoms with Crippen molar-refractivity contribution in [3.63, 3.8) is 0 Å². The molecule has 3 aromatic carbocycles. The van der Waals surface area contributed by atoms with E-state index in [4.69, 9.17) is 25.9 Å². The molecule has 0 amide bonds. The lowest BCUT2D eigenvalue weighted by molar-refractivity contribution is 0.0244. The molecule has 0 aromatic heterocycles. The molecule has 0 radical (unpaired) electrons. The zero-order valence-electron chi connectivity index (χ0n) is 26.4. The number of aliphatic hydroxyl groups excluding tert-OH is 2. The number of nitrogens with one attached hydrogen (secondary N) is 2. The minimum Gasteiger partial charge on any atom is -0.491 e. The average Bonchev–Trinajstić information content (AvgIpc) is 3.28. The third-order valence-electron chi connectivity index (χ3n) is 8.04. The fourth-order valence-electron chi connectivity index (χ4n) is 5.81. The standard InChI is InChI=1S/C34H46N4O6/c1-19(2)26-13-31(42-17-23(39)15-37-35)21(5)11-29(26)34(28-10-8-7-9-25(28)33(41)44-34)30-12-22(6)32(14-27(30)20(3)4)43-18-24(40)16-38-36/h7-14,19-20,23-24,37-40H,15-18,35-36H2,1-6H3. The second-order valence-electron chi connectivity index (χ2n) is 12.1. The van der Waals surface area contributed by atoms with E-state index in [9.17, 15) is 15.0 Å². The van der Waals surface area contributed by atoms with Gasteiger partial charge >= 0.3 is 5.97 Å². The van der Waals surface area contributed by atoms with Crippen molar-refractivity contribution < 1.29 is 29.2 Å². The normalized spacial score (nSPS) is 17.5. The predicted molar refractivity (Wildman–Crippen MR) is 170 cm³/mol. The Morgan fingerprint density at radius 3 is 1.66 bits per heavy atom. The molecule has 2 unspecified atom stereocenters. The predicted octanol–water partition coefficient (Wildman–Crippen LogP) is 3.42. The number of fused-ring (bicyclic) bond motifs is 1. The summed E-state index contributed by atoms with van der Waals surface area (Å²) in [6.07, 6.45) is -1.55. The van der Waals surface area contributed by atoms with Crippen LogP contribution in [0.4, 0.5) is 0 Å². The lowest BCUT2D eigenvalue weighted by atomic mass is 9.72. The summed E-state index contributed by atoms with van der Waals surface area (Å²) < 4.78 is 18.7. The highest BCUT2D eigenvalue weighted by Crippen LogP contribution is 2.52. The number of carbonyl (C=O) groups is 1. The summed E-state index contributed by atoms with van der Waals surface area (Å²) in [6.45, 7) is 12.8. The first-order valence-electron chi connectivity index (χ1n) is 15.1. The van der Waals surface area contributed by atoms with Gasteiger partial charge in [-0.3, -0.25) is 22.5 Å². The maximum absolute atomic E-state index is 13.6. The summed E-state index contributed by atoms with van der Waals surface area (Å²) >= 11 is 0. The number of aryl methyl sites for hydroxylation is 2. The van der Waals surface area contributed by atoms with Crippen LogP contribution >= 0.6 is 0 Å². The first-order valence-corrected chi connectivity index (χ1v) is 15.1. The van der Waals surface area contributed by atoms with Crippen LogP contribution in [0.5, 0.6) is 11.5 Å². The van der Waals surface area contributed by atoms with E-state index in [1.54, 1.807) is 6.07 Å². The Morgan fingerprint density at radius 2 is 1.23 bits per heavy atom. The molecule has 238 valence electrons. The number of benzene rings is 3. The maximum atomic E-state index is 13.6. The Hall–Kier alpha value is -3.51. The van der Waals surface area contributed by atoms with Gasteiger partial charge in [-0.15, -0.1) is 0 Å². The molecule has 0 aliphatic carbocycles. The quantitative estimate of drug-likeness (QED) is 0.0911. The Bertz CT molecular complexity index is 1400. The van der Waals surface area contributed by atoms with Gasteiger partial charge in [0.25, 0.3) is 0 Å². The molecular weight excluding hydrogens is 560 g/mol. The summed E-state index contributed by atoms with van der Waals surface area (Å²) in [5.41, 5.74) is 10.2. The van der Waals surface area contributed by atoms with Gasteiger partial charge in [-0.05, 0) is 78.3 Å². The summed E-state index contributed by atoms with van der Waals surface area (Å²) in [5.74, 6) is 11.7. The van der Waals surface area contributed by atoms with Crippen LogP contribution in [-0.4, -0.2) is 54.7 Å². The van der Waals surface area contributed by atoms with Crippen LogP contribution in [0.25, 0.3) is 0 Å². The number of hydrogen-bond acceptors (Lipinski definition) is 10. The van der Waals surface area contributed by atoms with Crippen LogP contribution in [0.3, 0.4) is 0 Å². The van der Waals surface area contributed by atoms with E-state index in [-0.39, 0.29) is 38.1 Å². The van der Waals surface area contributed by atoms with Gasteiger partial charge < -0.3 is 24.4 Å². The number of carbonyl (C=O) groups excluding carboxylic acids is 1. The van der Waals surface area contributed by atoms with Crippen molar-refractivity contribution in [2.45, 2.75) is 71.2 Å². The van der Waals surface area contributed by atoms with Crippen molar-refractivity contribution >= 4 is 5.97 Å². The highest BCUT2D eigenvalue weighted by Gasteiger charge is 2.51. The van der Waals surface area contributed by atoms with Gasteiger partial charge in [0, 0.05) is 29.8 Å². The van der Waals surface area contributed by atoms with Crippen LogP contribution in [0.15, 0.2) is 48.5 Å². The van der Waals surface area contributed by atoms with Gasteiger partial charge in [0.15, 0.2) is 5.60 Å². The van der Waals surface area contributed by atoms with E-state index in [0.717, 1.165) is 38.9 Å². The van der Waals surface area contributed by atoms with Crippen LogP contribution in [0.1, 0.15) is 88.8 Å². The highest BCUT2D eigenvalue weighted by atomic mass is 16.6. The molecule has 1 heterocycles. The van der Waals surface area contributed by atoms with Crippen molar-refractivity contribution in [2.75, 3.05) is 26.3 Å². The van der Waals surface area contributed by atoms with Crippen molar-refractivity contribution in [3.8, 4) is 11.5 Å². The largest absolute Gasteiger partial charge is 0.491 e. The molecule has 8 N–H and O–H groups in total. The number of hydrazine groups is 2. The van der Waals surface area contributed by atoms with Gasteiger partial charge in [0.05, 0.1) is 5.56 Å². The number of cyclic esters (lactones) is 1. The molecule has 3 aromatic rings. The van der Waals surface area contributed by atoms with Gasteiger partial charge in [-0.1, -0.05) is 45.9 Å². The second-order valence-corrected chi connectivity index (χ2v) is 12.1. The number of aliphatic hydroxyl groups is 2. The Morgan fingerprint density at radius 1 is 0.773 bits per heavy atom. The fourth-order valence-corrected chi connectivity index (χ4v) is 5.81. The minimum absolute atomic E-state index is 0.0377. The van der Waals surface area contributed by atoms with Crippen molar-refractivity contribution in [1.29, 1.82) is 0 Å². The number of ether oxygens (including phenoxy) is 3. The number of hydrogen-bond donors (Lipinski definition) is 6. The number of nitrogens with two attached hydrogens (primary N) is 2. The highest BCUT2D eigenvalue weighted by molar-refractivity contribution is 5.96. The van der Waals surface area contributed by atoms with Gasteiger partial charge in [-0.25, -0.2) is 4.79 Å². The number of esters is 1. The molecule has 1 aliphatic rings. The monoisotopic (exact) mass is 606 g/mol. The first kappa shape index (κ1) is 33.4. The topological polar surface area (TPSA) is 161 Å². The Kier molecular flexibility index (Phi) is 10.7. The molecule has 0 bridgehead atoms. The zero-order chi connectivity index (χ0) is 32.2. The Balaban J connectivity index is 1.96. The first-order chi connectivity index (χ1) is 20.9. The van der Waals surface area contributed by atoms with Gasteiger partial charge in [0.1, 0.15) is 36.9 Å². The minimum atomic E-state index is -1.24. The lowest BCUT2D eigenvalue weighted by Crippen LogP contribution is -2.35. The molecule has 44 heavy (non-hydrogen) atoms. The summed E-state index contributed by atoms with van der Waals surface area (Å²) in [4.78, 5) is 13.6. The SMILES string of the molecule is Cc1cc(C2(c3cc(C)c(OCC(O)CNN)cc3C(C)C)OC(=O)c3ccccc32)c(C(C)C)cc1OCC(O)CNN. The molecule has 0 fully saturated rings. The summed E-state index contributed by atoms with van der Waals surface area (Å²) in [7, 11) is 0. The van der Waals surface area contributed by atoms with Crippen molar-refractivity contribution in [1.82, 2.24) is 10.9 Å². The van der Waals surface area contributed by atoms with Gasteiger partial charge in [0.2, 0.25) is 0 Å². The maximum Gasteiger partial charge on any atom is 0.340 e. The van der Waals surface area contributed by atoms with E-state index in [0.29, 0.717) is 17.1 Å². The molecule has 0 saturated carbocycles. The zero-order valence-corrected chi connectivity index (χ0v) is 26.4. The van der Waals surface area contributed by atoms with Crippen LogP contribution < -0.4 is 32.0 Å². The molecule has 10 heteroatoms. The molecule has 10 nitrogen and oxygen atoms in total. The third kappa shape index (κ3) is 6.61. The average molecular weight is 607 g/mol. The van der Waals surface area contributed by atoms with E-state index in [1.165, 1.54) is 0 Å². The molecule has 2 atom stereocenters.